The number of hydrogen-bond donors (Lipinski definition) is 1. The van der Waals surface area contributed by atoms with Crippen molar-refractivity contribution in [1.82, 2.24) is 0 Å². The van der Waals surface area contributed by atoms with Gasteiger partial charge in [-0.3, -0.25) is 0 Å². The Morgan fingerprint density at radius 3 is 2.28 bits per heavy atom. The Labute approximate surface area is 103 Å². The molecule has 0 aliphatic heterocycles. The molecular formula is C14H11F3O. The van der Waals surface area contributed by atoms with Crippen LogP contribution in [0.5, 0.6) is 0 Å². The monoisotopic (exact) mass is 252 g/mol. The maximum atomic E-state index is 13.5. The van der Waals surface area contributed by atoms with Gasteiger partial charge in [-0.2, -0.15) is 0 Å². The Kier molecular flexibility index (Phi) is 3.39. The molecular weight excluding hydrogens is 241 g/mol. The third kappa shape index (κ3) is 2.54. The van der Waals surface area contributed by atoms with Crippen molar-refractivity contribution in [3.05, 3.63) is 70.5 Å². The van der Waals surface area contributed by atoms with Crippen molar-refractivity contribution in [2.75, 3.05) is 0 Å². The van der Waals surface area contributed by atoms with Crippen LogP contribution >= 0.6 is 0 Å². The maximum Gasteiger partial charge on any atom is 0.132 e. The summed E-state index contributed by atoms with van der Waals surface area (Å²) in [5.41, 5.74) is 0.769. The quantitative estimate of drug-likeness (QED) is 0.867. The molecule has 2 rings (SSSR count). The molecule has 1 atom stereocenters. The number of hydrogen-bond acceptors (Lipinski definition) is 1. The smallest absolute Gasteiger partial charge is 0.132 e. The van der Waals surface area contributed by atoms with Crippen LogP contribution in [0.15, 0.2) is 36.4 Å². The molecule has 0 radical (unpaired) electrons. The van der Waals surface area contributed by atoms with Gasteiger partial charge in [-0.15, -0.1) is 0 Å². The predicted octanol–water partition coefficient (Wildman–Crippen LogP) is 3.49. The van der Waals surface area contributed by atoms with E-state index in [9.17, 15) is 18.3 Å². The van der Waals surface area contributed by atoms with Crippen molar-refractivity contribution in [3.8, 4) is 0 Å². The van der Waals surface area contributed by atoms with Gasteiger partial charge >= 0.3 is 0 Å². The Morgan fingerprint density at radius 2 is 1.67 bits per heavy atom. The van der Waals surface area contributed by atoms with Crippen molar-refractivity contribution >= 4 is 0 Å². The van der Waals surface area contributed by atoms with Crippen molar-refractivity contribution in [2.24, 2.45) is 0 Å². The summed E-state index contributed by atoms with van der Waals surface area (Å²) in [7, 11) is 0. The third-order valence-corrected chi connectivity index (χ3v) is 2.64. The first kappa shape index (κ1) is 12.6. The molecule has 0 heterocycles. The number of aliphatic hydroxyl groups is 1. The van der Waals surface area contributed by atoms with E-state index in [-0.39, 0.29) is 11.1 Å². The fraction of sp³-hybridized carbons (Fsp3) is 0.143. The zero-order valence-electron chi connectivity index (χ0n) is 9.62. The average molecular weight is 252 g/mol. The van der Waals surface area contributed by atoms with Gasteiger partial charge < -0.3 is 5.11 Å². The van der Waals surface area contributed by atoms with Crippen LogP contribution in [0.3, 0.4) is 0 Å². The third-order valence-electron chi connectivity index (χ3n) is 2.64. The van der Waals surface area contributed by atoms with Gasteiger partial charge in [-0.25, -0.2) is 13.2 Å². The molecule has 0 saturated carbocycles. The lowest BCUT2D eigenvalue weighted by molar-refractivity contribution is 0.214. The van der Waals surface area contributed by atoms with Crippen LogP contribution < -0.4 is 0 Å². The molecule has 0 aromatic heterocycles. The van der Waals surface area contributed by atoms with Gasteiger partial charge in [0, 0.05) is 11.6 Å². The maximum absolute atomic E-state index is 13.5. The molecule has 0 saturated heterocycles. The summed E-state index contributed by atoms with van der Waals surface area (Å²) in [4.78, 5) is 0. The molecule has 1 N–H and O–H groups in total. The van der Waals surface area contributed by atoms with Crippen LogP contribution in [-0.4, -0.2) is 5.11 Å². The fourth-order valence-electron chi connectivity index (χ4n) is 1.83. The highest BCUT2D eigenvalue weighted by Gasteiger charge is 2.16. The van der Waals surface area contributed by atoms with Gasteiger partial charge in [0.1, 0.15) is 23.6 Å². The lowest BCUT2D eigenvalue weighted by Crippen LogP contribution is -2.04. The van der Waals surface area contributed by atoms with Crippen LogP contribution in [0.4, 0.5) is 13.2 Å². The first-order chi connectivity index (χ1) is 8.47. The molecule has 94 valence electrons. The Balaban J connectivity index is 2.44. The largest absolute Gasteiger partial charge is 0.384 e. The highest BCUT2D eigenvalue weighted by atomic mass is 19.1. The van der Waals surface area contributed by atoms with E-state index in [1.54, 1.807) is 13.0 Å². The summed E-state index contributed by atoms with van der Waals surface area (Å²) in [5.74, 6) is -2.09. The lowest BCUT2D eigenvalue weighted by Gasteiger charge is -2.13. The topological polar surface area (TPSA) is 20.2 Å². The molecule has 1 unspecified atom stereocenters. The van der Waals surface area contributed by atoms with E-state index >= 15 is 0 Å². The first-order valence-corrected chi connectivity index (χ1v) is 5.37. The molecule has 0 bridgehead atoms. The Morgan fingerprint density at radius 1 is 0.944 bits per heavy atom. The number of halogens is 3. The second-order valence-electron chi connectivity index (χ2n) is 4.13. The Bertz CT molecular complexity index is 561. The van der Waals surface area contributed by atoms with Crippen molar-refractivity contribution in [1.29, 1.82) is 0 Å². The molecule has 0 amide bonds. The summed E-state index contributed by atoms with van der Waals surface area (Å²) in [5, 5.41) is 9.98. The SMILES string of the molecule is Cc1cc(F)cc(C(O)c2ccc(F)cc2F)c1. The van der Waals surface area contributed by atoms with E-state index in [0.29, 0.717) is 11.6 Å². The van der Waals surface area contributed by atoms with Crippen LogP contribution in [0.1, 0.15) is 22.8 Å². The van der Waals surface area contributed by atoms with Gasteiger partial charge in [-0.05, 0) is 36.2 Å². The second kappa shape index (κ2) is 4.82. The van der Waals surface area contributed by atoms with Gasteiger partial charge in [0.05, 0.1) is 0 Å². The standard InChI is InChI=1S/C14H11F3O/c1-8-4-9(6-11(16)5-8)14(18)12-3-2-10(15)7-13(12)17/h2-7,14,18H,1H3. The highest BCUT2D eigenvalue weighted by molar-refractivity contribution is 5.33. The first-order valence-electron chi connectivity index (χ1n) is 5.37. The minimum absolute atomic E-state index is 0.0820. The molecule has 2 aromatic carbocycles. The minimum atomic E-state index is -1.32. The van der Waals surface area contributed by atoms with E-state index < -0.39 is 23.6 Å². The summed E-state index contributed by atoms with van der Waals surface area (Å²) in [6.45, 7) is 1.67. The normalized spacial score (nSPS) is 12.5. The molecule has 0 fully saturated rings. The van der Waals surface area contributed by atoms with Crippen LogP contribution in [-0.2, 0) is 0 Å². The summed E-state index contributed by atoms with van der Waals surface area (Å²) in [6.07, 6.45) is -1.32. The van der Waals surface area contributed by atoms with Gasteiger partial charge in [-0.1, -0.05) is 12.1 Å². The van der Waals surface area contributed by atoms with E-state index in [2.05, 4.69) is 0 Å². The summed E-state index contributed by atoms with van der Waals surface area (Å²) >= 11 is 0. The van der Waals surface area contributed by atoms with Crippen LogP contribution in [0.2, 0.25) is 0 Å². The summed E-state index contributed by atoms with van der Waals surface area (Å²) in [6, 6.07) is 6.86. The molecule has 18 heavy (non-hydrogen) atoms. The minimum Gasteiger partial charge on any atom is -0.384 e. The lowest BCUT2D eigenvalue weighted by atomic mass is 9.99. The van der Waals surface area contributed by atoms with Crippen LogP contribution in [0.25, 0.3) is 0 Å². The molecule has 0 aliphatic carbocycles. The van der Waals surface area contributed by atoms with E-state index in [1.165, 1.54) is 6.07 Å². The van der Waals surface area contributed by atoms with Gasteiger partial charge in [0.15, 0.2) is 0 Å². The predicted molar refractivity (Wildman–Crippen MR) is 61.6 cm³/mol. The average Bonchev–Trinajstić information content (AvgIpc) is 2.26. The van der Waals surface area contributed by atoms with Gasteiger partial charge in [0.25, 0.3) is 0 Å². The van der Waals surface area contributed by atoms with Crippen molar-refractivity contribution in [3.63, 3.8) is 0 Å². The van der Waals surface area contributed by atoms with Crippen molar-refractivity contribution < 1.29 is 18.3 Å². The highest BCUT2D eigenvalue weighted by Crippen LogP contribution is 2.26. The van der Waals surface area contributed by atoms with E-state index in [0.717, 1.165) is 18.2 Å². The fourth-order valence-corrected chi connectivity index (χ4v) is 1.83. The zero-order valence-corrected chi connectivity index (χ0v) is 9.62. The second-order valence-corrected chi connectivity index (χ2v) is 4.13. The number of benzene rings is 2. The molecule has 0 aliphatic rings. The summed E-state index contributed by atoms with van der Waals surface area (Å²) < 4.78 is 39.5. The number of aliphatic hydroxyl groups excluding tert-OH is 1. The van der Waals surface area contributed by atoms with E-state index in [4.69, 9.17) is 0 Å². The molecule has 4 heteroatoms. The zero-order chi connectivity index (χ0) is 13.3. The van der Waals surface area contributed by atoms with Crippen LogP contribution in [0, 0.1) is 24.4 Å². The molecule has 0 spiro atoms. The van der Waals surface area contributed by atoms with Gasteiger partial charge in [0.2, 0.25) is 0 Å². The molecule has 1 nitrogen and oxygen atoms in total. The number of aryl methyl sites for hydroxylation is 1. The van der Waals surface area contributed by atoms with Crippen molar-refractivity contribution in [2.45, 2.75) is 13.0 Å². The molecule has 2 aromatic rings. The van der Waals surface area contributed by atoms with E-state index in [1.807, 2.05) is 0 Å². The number of rotatable bonds is 2. The Hall–Kier alpha value is -1.81.